The number of benzene rings is 1. The van der Waals surface area contributed by atoms with Crippen LogP contribution in [0.4, 0.5) is 0 Å². The van der Waals surface area contributed by atoms with E-state index in [2.05, 4.69) is 50.4 Å². The Balaban J connectivity index is 1.86. The minimum atomic E-state index is -0.717. The van der Waals surface area contributed by atoms with Gasteiger partial charge in [-0.3, -0.25) is 0 Å². The van der Waals surface area contributed by atoms with E-state index in [4.69, 9.17) is 4.74 Å². The zero-order chi connectivity index (χ0) is 14.8. The second-order valence-corrected chi connectivity index (χ2v) is 6.92. The van der Waals surface area contributed by atoms with Crippen LogP contribution in [0.25, 0.3) is 0 Å². The molecule has 0 bridgehead atoms. The van der Waals surface area contributed by atoms with E-state index in [-0.39, 0.29) is 11.5 Å². The third-order valence-electron chi connectivity index (χ3n) is 4.24. The number of nitrogens with one attached hydrogen (secondary N) is 1. The average Bonchev–Trinajstić information content (AvgIpc) is 2.69. The topological polar surface area (TPSA) is 41.5 Å². The molecule has 1 aromatic rings. The van der Waals surface area contributed by atoms with E-state index >= 15 is 0 Å². The summed E-state index contributed by atoms with van der Waals surface area (Å²) in [6.45, 7) is 10.6. The lowest BCUT2D eigenvalue weighted by Gasteiger charge is -2.26. The van der Waals surface area contributed by atoms with Gasteiger partial charge in [0, 0.05) is 26.1 Å². The van der Waals surface area contributed by atoms with Crippen molar-refractivity contribution in [2.45, 2.75) is 57.8 Å². The lowest BCUT2D eigenvalue weighted by atomic mass is 9.87. The predicted molar refractivity (Wildman–Crippen MR) is 81.8 cm³/mol. The van der Waals surface area contributed by atoms with E-state index in [1.165, 1.54) is 11.1 Å². The first-order valence-corrected chi connectivity index (χ1v) is 7.45. The normalized spacial score (nSPS) is 26.9. The molecule has 1 heterocycles. The van der Waals surface area contributed by atoms with E-state index < -0.39 is 5.60 Å². The summed E-state index contributed by atoms with van der Waals surface area (Å²) < 4.78 is 5.43. The summed E-state index contributed by atoms with van der Waals surface area (Å²) in [5, 5.41) is 13.7. The molecule has 0 radical (unpaired) electrons. The molecule has 20 heavy (non-hydrogen) atoms. The smallest absolute Gasteiger partial charge is 0.105 e. The van der Waals surface area contributed by atoms with Crippen molar-refractivity contribution in [3.63, 3.8) is 0 Å². The van der Waals surface area contributed by atoms with Crippen LogP contribution >= 0.6 is 0 Å². The molecule has 1 saturated heterocycles. The highest BCUT2D eigenvalue weighted by atomic mass is 16.5. The third-order valence-corrected chi connectivity index (χ3v) is 4.24. The molecule has 3 heteroatoms. The fraction of sp³-hybridized carbons (Fsp3) is 0.647. The highest BCUT2D eigenvalue weighted by Crippen LogP contribution is 2.25. The number of rotatable bonds is 4. The first kappa shape index (κ1) is 15.5. The largest absolute Gasteiger partial charge is 0.386 e. The van der Waals surface area contributed by atoms with Gasteiger partial charge in [0.2, 0.25) is 0 Å². The molecule has 0 amide bonds. The quantitative estimate of drug-likeness (QED) is 0.889. The highest BCUT2D eigenvalue weighted by molar-refractivity contribution is 5.27. The van der Waals surface area contributed by atoms with Crippen molar-refractivity contribution in [3.8, 4) is 0 Å². The minimum Gasteiger partial charge on any atom is -0.386 e. The minimum absolute atomic E-state index is 0.0849. The number of hydrogen-bond acceptors (Lipinski definition) is 3. The van der Waals surface area contributed by atoms with Crippen LogP contribution in [0.1, 0.15) is 45.2 Å². The molecular formula is C17H27NO2. The zero-order valence-corrected chi connectivity index (χ0v) is 13.1. The van der Waals surface area contributed by atoms with Gasteiger partial charge in [0.15, 0.2) is 0 Å². The van der Waals surface area contributed by atoms with Crippen molar-refractivity contribution in [2.75, 3.05) is 13.2 Å². The fourth-order valence-corrected chi connectivity index (χ4v) is 2.55. The van der Waals surface area contributed by atoms with Gasteiger partial charge < -0.3 is 15.2 Å². The second kappa shape index (κ2) is 5.84. The summed E-state index contributed by atoms with van der Waals surface area (Å²) in [4.78, 5) is 0. The van der Waals surface area contributed by atoms with E-state index in [1.807, 2.05) is 6.92 Å². The van der Waals surface area contributed by atoms with Crippen LogP contribution in [0.2, 0.25) is 0 Å². The molecule has 0 saturated carbocycles. The Morgan fingerprint density at radius 3 is 2.45 bits per heavy atom. The second-order valence-electron chi connectivity index (χ2n) is 6.92. The maximum atomic E-state index is 10.4. The van der Waals surface area contributed by atoms with Gasteiger partial charge in [0.25, 0.3) is 0 Å². The summed E-state index contributed by atoms with van der Waals surface area (Å²) in [5.41, 5.74) is 2.06. The van der Waals surface area contributed by atoms with Gasteiger partial charge in [-0.2, -0.15) is 0 Å². The number of ether oxygens (including phenoxy) is 1. The van der Waals surface area contributed by atoms with Crippen LogP contribution < -0.4 is 5.32 Å². The molecule has 112 valence electrons. The van der Waals surface area contributed by atoms with Crippen LogP contribution in [-0.4, -0.2) is 30.0 Å². The lowest BCUT2D eigenvalue weighted by molar-refractivity contribution is -0.0262. The summed E-state index contributed by atoms with van der Waals surface area (Å²) >= 11 is 0. The molecule has 1 fully saturated rings. The van der Waals surface area contributed by atoms with Gasteiger partial charge in [-0.25, -0.2) is 0 Å². The Kier molecular flexibility index (Phi) is 4.52. The van der Waals surface area contributed by atoms with Crippen molar-refractivity contribution < 1.29 is 9.84 Å². The summed E-state index contributed by atoms with van der Waals surface area (Å²) in [6.07, 6.45) is 0.627. The summed E-state index contributed by atoms with van der Waals surface area (Å²) in [6, 6.07) is 8.69. The molecule has 0 aromatic heterocycles. The molecule has 0 spiro atoms. The molecule has 1 aliphatic rings. The molecule has 2 unspecified atom stereocenters. The van der Waals surface area contributed by atoms with E-state index in [0.29, 0.717) is 19.6 Å². The Morgan fingerprint density at radius 2 is 1.95 bits per heavy atom. The first-order chi connectivity index (χ1) is 9.31. The van der Waals surface area contributed by atoms with Crippen molar-refractivity contribution in [1.82, 2.24) is 5.32 Å². The third kappa shape index (κ3) is 3.60. The molecule has 1 aromatic carbocycles. The van der Waals surface area contributed by atoms with Gasteiger partial charge in [0.1, 0.15) is 5.60 Å². The molecule has 2 atom stereocenters. The van der Waals surface area contributed by atoms with E-state index in [0.717, 1.165) is 6.54 Å². The molecule has 2 N–H and O–H groups in total. The molecule has 0 aliphatic carbocycles. The monoisotopic (exact) mass is 277 g/mol. The van der Waals surface area contributed by atoms with Gasteiger partial charge in [-0.15, -0.1) is 0 Å². The first-order valence-electron chi connectivity index (χ1n) is 7.45. The lowest BCUT2D eigenvalue weighted by Crippen LogP contribution is -2.45. The molecule has 3 nitrogen and oxygen atoms in total. The Morgan fingerprint density at radius 1 is 1.30 bits per heavy atom. The van der Waals surface area contributed by atoms with Crippen LogP contribution in [0.15, 0.2) is 24.3 Å². The Labute approximate surface area is 122 Å². The van der Waals surface area contributed by atoms with Gasteiger partial charge in [0.05, 0.1) is 6.10 Å². The predicted octanol–water partition coefficient (Wildman–Crippen LogP) is 2.61. The Bertz CT molecular complexity index is 435. The number of aliphatic hydroxyl groups is 1. The maximum absolute atomic E-state index is 10.4. The van der Waals surface area contributed by atoms with Crippen molar-refractivity contribution >= 4 is 0 Å². The maximum Gasteiger partial charge on any atom is 0.105 e. The van der Waals surface area contributed by atoms with Crippen LogP contribution in [-0.2, 0) is 16.7 Å². The van der Waals surface area contributed by atoms with Crippen LogP contribution in [0.5, 0.6) is 0 Å². The van der Waals surface area contributed by atoms with Gasteiger partial charge in [-0.05, 0) is 23.5 Å². The standard InChI is InChI=1S/C17H27NO2/c1-13-17(19,9-10-20-13)12-18-11-14-5-7-15(8-6-14)16(2,3)4/h5-8,13,18-19H,9-12H2,1-4H3. The summed E-state index contributed by atoms with van der Waals surface area (Å²) in [7, 11) is 0. The number of hydrogen-bond donors (Lipinski definition) is 2. The van der Waals surface area contributed by atoms with E-state index in [9.17, 15) is 5.11 Å². The van der Waals surface area contributed by atoms with Crippen molar-refractivity contribution in [3.05, 3.63) is 35.4 Å². The van der Waals surface area contributed by atoms with Gasteiger partial charge in [-0.1, -0.05) is 45.0 Å². The molecular weight excluding hydrogens is 250 g/mol. The van der Waals surface area contributed by atoms with Crippen molar-refractivity contribution in [2.24, 2.45) is 0 Å². The summed E-state index contributed by atoms with van der Waals surface area (Å²) in [5.74, 6) is 0. The molecule has 2 rings (SSSR count). The molecule has 1 aliphatic heterocycles. The van der Waals surface area contributed by atoms with E-state index in [1.54, 1.807) is 0 Å². The zero-order valence-electron chi connectivity index (χ0n) is 13.1. The van der Waals surface area contributed by atoms with Crippen LogP contribution in [0, 0.1) is 0 Å². The SMILES string of the molecule is CC1OCCC1(O)CNCc1ccc(C(C)(C)C)cc1. The van der Waals surface area contributed by atoms with Crippen LogP contribution in [0.3, 0.4) is 0 Å². The van der Waals surface area contributed by atoms with Gasteiger partial charge >= 0.3 is 0 Å². The van der Waals surface area contributed by atoms with Crippen molar-refractivity contribution in [1.29, 1.82) is 0 Å². The highest BCUT2D eigenvalue weighted by Gasteiger charge is 2.38. The Hall–Kier alpha value is -0.900. The fourth-order valence-electron chi connectivity index (χ4n) is 2.55. The average molecular weight is 277 g/mol.